The molecular formula is C11H18N2O3. The van der Waals surface area contributed by atoms with Gasteiger partial charge in [-0.2, -0.15) is 0 Å². The molecule has 0 heterocycles. The summed E-state index contributed by atoms with van der Waals surface area (Å²) < 4.78 is 0. The summed E-state index contributed by atoms with van der Waals surface area (Å²) in [6.07, 6.45) is 5.19. The van der Waals surface area contributed by atoms with Crippen molar-refractivity contribution in [2.24, 2.45) is 5.41 Å². The molecule has 90 valence electrons. The van der Waals surface area contributed by atoms with Crippen LogP contribution < -0.4 is 10.6 Å². The lowest BCUT2D eigenvalue weighted by Gasteiger charge is -2.26. The second kappa shape index (κ2) is 6.01. The van der Waals surface area contributed by atoms with Gasteiger partial charge in [0.25, 0.3) is 0 Å². The summed E-state index contributed by atoms with van der Waals surface area (Å²) in [7, 11) is 0. The summed E-state index contributed by atoms with van der Waals surface area (Å²) in [4.78, 5) is 21.5. The maximum absolute atomic E-state index is 11.3. The van der Waals surface area contributed by atoms with Gasteiger partial charge in [0.15, 0.2) is 0 Å². The molecule has 1 unspecified atom stereocenters. The fourth-order valence-corrected chi connectivity index (χ4v) is 0.973. The Bertz CT molecular complexity index is 299. The highest BCUT2D eigenvalue weighted by Crippen LogP contribution is 2.18. The third-order valence-electron chi connectivity index (χ3n) is 1.93. The van der Waals surface area contributed by atoms with Gasteiger partial charge in [0.05, 0.1) is 12.5 Å². The molecular weight excluding hydrogens is 208 g/mol. The van der Waals surface area contributed by atoms with Crippen molar-refractivity contribution < 1.29 is 14.7 Å². The number of aliphatic carboxylic acids is 1. The zero-order chi connectivity index (χ0) is 12.8. The van der Waals surface area contributed by atoms with Gasteiger partial charge in [0, 0.05) is 6.54 Å². The van der Waals surface area contributed by atoms with Crippen LogP contribution in [-0.2, 0) is 4.79 Å². The van der Waals surface area contributed by atoms with Crippen LogP contribution >= 0.6 is 0 Å². The number of carbonyl (C=O) groups is 2. The topological polar surface area (TPSA) is 78.4 Å². The Morgan fingerprint density at radius 2 is 2.00 bits per heavy atom. The van der Waals surface area contributed by atoms with Crippen molar-refractivity contribution in [2.45, 2.75) is 33.2 Å². The number of urea groups is 1. The molecule has 5 heteroatoms. The standard InChI is InChI=1S/C11H18N2O3/c1-5-8(11(2,3)4)13-10(16)12-7-6-9(14)15/h1,8H,6-7H2,2-4H3,(H,14,15)(H2,12,13,16). The number of rotatable bonds is 4. The van der Waals surface area contributed by atoms with Gasteiger partial charge < -0.3 is 15.7 Å². The summed E-state index contributed by atoms with van der Waals surface area (Å²) in [5.41, 5.74) is -0.237. The highest BCUT2D eigenvalue weighted by atomic mass is 16.4. The fraction of sp³-hybridized carbons (Fsp3) is 0.636. The van der Waals surface area contributed by atoms with Crippen LogP contribution in [0.2, 0.25) is 0 Å². The van der Waals surface area contributed by atoms with Gasteiger partial charge in [-0.15, -0.1) is 6.42 Å². The lowest BCUT2D eigenvalue weighted by atomic mass is 9.87. The molecule has 0 rings (SSSR count). The van der Waals surface area contributed by atoms with Crippen LogP contribution in [0.4, 0.5) is 4.79 Å². The molecule has 2 amide bonds. The van der Waals surface area contributed by atoms with Crippen molar-refractivity contribution in [3.8, 4) is 12.3 Å². The fourth-order valence-electron chi connectivity index (χ4n) is 0.973. The first-order chi connectivity index (χ1) is 7.27. The van der Waals surface area contributed by atoms with Gasteiger partial charge in [-0.05, 0) is 5.41 Å². The van der Waals surface area contributed by atoms with E-state index in [-0.39, 0.29) is 18.4 Å². The van der Waals surface area contributed by atoms with Crippen LogP contribution in [0.1, 0.15) is 27.2 Å². The molecule has 0 aromatic carbocycles. The van der Waals surface area contributed by atoms with Crippen LogP contribution in [0.5, 0.6) is 0 Å². The van der Waals surface area contributed by atoms with E-state index < -0.39 is 18.0 Å². The molecule has 0 radical (unpaired) electrons. The van der Waals surface area contributed by atoms with E-state index in [4.69, 9.17) is 11.5 Å². The molecule has 0 saturated carbocycles. The number of hydrogen-bond acceptors (Lipinski definition) is 2. The summed E-state index contributed by atoms with van der Waals surface area (Å²) >= 11 is 0. The molecule has 0 aliphatic rings. The molecule has 0 saturated heterocycles. The third-order valence-corrected chi connectivity index (χ3v) is 1.93. The molecule has 0 aromatic rings. The van der Waals surface area contributed by atoms with E-state index in [2.05, 4.69) is 16.6 Å². The quantitative estimate of drug-likeness (QED) is 0.621. The molecule has 0 bridgehead atoms. The van der Waals surface area contributed by atoms with E-state index in [1.54, 1.807) is 0 Å². The van der Waals surface area contributed by atoms with E-state index in [9.17, 15) is 9.59 Å². The number of hydrogen-bond donors (Lipinski definition) is 3. The highest BCUT2D eigenvalue weighted by molar-refractivity contribution is 5.75. The van der Waals surface area contributed by atoms with Gasteiger partial charge in [-0.25, -0.2) is 4.79 Å². The maximum Gasteiger partial charge on any atom is 0.315 e. The van der Waals surface area contributed by atoms with Crippen molar-refractivity contribution in [3.63, 3.8) is 0 Å². The Morgan fingerprint density at radius 3 is 2.38 bits per heavy atom. The lowest BCUT2D eigenvalue weighted by Crippen LogP contribution is -2.47. The summed E-state index contributed by atoms with van der Waals surface area (Å²) in [5.74, 6) is 1.53. The van der Waals surface area contributed by atoms with Crippen molar-refractivity contribution in [2.75, 3.05) is 6.54 Å². The van der Waals surface area contributed by atoms with Crippen LogP contribution in [0, 0.1) is 17.8 Å². The number of nitrogens with one attached hydrogen (secondary N) is 2. The van der Waals surface area contributed by atoms with Crippen LogP contribution in [-0.4, -0.2) is 29.7 Å². The highest BCUT2D eigenvalue weighted by Gasteiger charge is 2.23. The molecule has 0 fully saturated rings. The van der Waals surface area contributed by atoms with Crippen molar-refractivity contribution >= 4 is 12.0 Å². The minimum absolute atomic E-state index is 0.0859. The molecule has 0 aliphatic carbocycles. The van der Waals surface area contributed by atoms with E-state index in [0.717, 1.165) is 0 Å². The van der Waals surface area contributed by atoms with Gasteiger partial charge in [-0.1, -0.05) is 26.7 Å². The monoisotopic (exact) mass is 226 g/mol. The first-order valence-corrected chi connectivity index (χ1v) is 4.99. The molecule has 5 nitrogen and oxygen atoms in total. The van der Waals surface area contributed by atoms with Gasteiger partial charge in [-0.3, -0.25) is 4.79 Å². The first kappa shape index (κ1) is 14.3. The van der Waals surface area contributed by atoms with E-state index in [1.807, 2.05) is 20.8 Å². The zero-order valence-electron chi connectivity index (χ0n) is 9.83. The largest absolute Gasteiger partial charge is 0.481 e. The Morgan fingerprint density at radius 1 is 1.44 bits per heavy atom. The normalized spacial score (nSPS) is 12.4. The van der Waals surface area contributed by atoms with Crippen molar-refractivity contribution in [1.29, 1.82) is 0 Å². The van der Waals surface area contributed by atoms with Crippen molar-refractivity contribution in [1.82, 2.24) is 10.6 Å². The van der Waals surface area contributed by atoms with E-state index in [1.165, 1.54) is 0 Å². The van der Waals surface area contributed by atoms with Crippen LogP contribution in [0.3, 0.4) is 0 Å². The lowest BCUT2D eigenvalue weighted by molar-refractivity contribution is -0.136. The average Bonchev–Trinajstić information content (AvgIpc) is 2.11. The minimum atomic E-state index is -0.954. The number of carbonyl (C=O) groups excluding carboxylic acids is 1. The number of carboxylic acid groups (broad SMARTS) is 1. The molecule has 0 aromatic heterocycles. The predicted molar refractivity (Wildman–Crippen MR) is 60.9 cm³/mol. The maximum atomic E-state index is 11.3. The number of terminal acetylenes is 1. The zero-order valence-corrected chi connectivity index (χ0v) is 9.83. The van der Waals surface area contributed by atoms with E-state index >= 15 is 0 Å². The summed E-state index contributed by atoms with van der Waals surface area (Å²) in [5, 5.41) is 13.4. The number of carboxylic acids is 1. The van der Waals surface area contributed by atoms with Gasteiger partial charge in [0.1, 0.15) is 0 Å². The molecule has 1 atom stereocenters. The van der Waals surface area contributed by atoms with Gasteiger partial charge in [0.2, 0.25) is 0 Å². The minimum Gasteiger partial charge on any atom is -0.481 e. The Hall–Kier alpha value is -1.70. The third kappa shape index (κ3) is 5.91. The van der Waals surface area contributed by atoms with Gasteiger partial charge >= 0.3 is 12.0 Å². The van der Waals surface area contributed by atoms with Crippen LogP contribution in [0.15, 0.2) is 0 Å². The predicted octanol–water partition coefficient (Wildman–Crippen LogP) is 0.808. The van der Waals surface area contributed by atoms with Crippen LogP contribution in [0.25, 0.3) is 0 Å². The Labute approximate surface area is 95.6 Å². The molecule has 3 N–H and O–H groups in total. The van der Waals surface area contributed by atoms with Crippen molar-refractivity contribution in [3.05, 3.63) is 0 Å². The SMILES string of the molecule is C#CC(NC(=O)NCCC(=O)O)C(C)(C)C. The van der Waals surface area contributed by atoms with E-state index in [0.29, 0.717) is 0 Å². The molecule has 16 heavy (non-hydrogen) atoms. The summed E-state index contributed by atoms with van der Waals surface area (Å²) in [6, 6.07) is -0.837. The smallest absolute Gasteiger partial charge is 0.315 e. The first-order valence-electron chi connectivity index (χ1n) is 4.99. The second-order valence-electron chi connectivity index (χ2n) is 4.51. The Kier molecular flexibility index (Phi) is 5.37. The number of amides is 2. The molecule has 0 aliphatic heterocycles. The Balaban J connectivity index is 4.04. The summed E-state index contributed by atoms with van der Waals surface area (Å²) in [6.45, 7) is 5.82. The average molecular weight is 226 g/mol. The molecule has 0 spiro atoms. The second-order valence-corrected chi connectivity index (χ2v) is 4.51.